The van der Waals surface area contributed by atoms with E-state index in [2.05, 4.69) is 42.7 Å². The van der Waals surface area contributed by atoms with Gasteiger partial charge in [-0.15, -0.1) is 0 Å². The second-order valence-electron chi connectivity index (χ2n) is 6.66. The van der Waals surface area contributed by atoms with Crippen molar-refractivity contribution >= 4 is 11.0 Å². The van der Waals surface area contributed by atoms with Crippen LogP contribution in [0.4, 0.5) is 0 Å². The molecule has 1 fully saturated rings. The van der Waals surface area contributed by atoms with Crippen LogP contribution in [0.5, 0.6) is 0 Å². The van der Waals surface area contributed by atoms with Crippen molar-refractivity contribution in [2.75, 3.05) is 0 Å². The predicted molar refractivity (Wildman–Crippen MR) is 88.2 cm³/mol. The highest BCUT2D eigenvalue weighted by Crippen LogP contribution is 2.31. The maximum absolute atomic E-state index is 6.53. The van der Waals surface area contributed by atoms with Gasteiger partial charge in [0.25, 0.3) is 0 Å². The van der Waals surface area contributed by atoms with E-state index in [0.717, 1.165) is 30.2 Å². The number of hydrogen-bond acceptors (Lipinski definition) is 2. The Hall–Kier alpha value is -1.35. The Morgan fingerprint density at radius 2 is 2.14 bits per heavy atom. The normalized spacial score (nSPS) is 24.3. The van der Waals surface area contributed by atoms with Crippen molar-refractivity contribution in [1.82, 2.24) is 9.55 Å². The Morgan fingerprint density at radius 3 is 2.90 bits per heavy atom. The van der Waals surface area contributed by atoms with Gasteiger partial charge in [0.05, 0.1) is 11.0 Å². The number of aryl methyl sites for hydroxylation is 1. The topological polar surface area (TPSA) is 43.8 Å². The minimum Gasteiger partial charge on any atom is -0.328 e. The lowest BCUT2D eigenvalue weighted by molar-refractivity contribution is 0.243. The summed E-state index contributed by atoms with van der Waals surface area (Å²) < 4.78 is 2.32. The van der Waals surface area contributed by atoms with Crippen molar-refractivity contribution in [3.63, 3.8) is 0 Å². The van der Waals surface area contributed by atoms with Gasteiger partial charge < -0.3 is 10.3 Å². The van der Waals surface area contributed by atoms with E-state index >= 15 is 0 Å². The number of aromatic nitrogens is 2. The van der Waals surface area contributed by atoms with Gasteiger partial charge in [0, 0.05) is 19.0 Å². The van der Waals surface area contributed by atoms with Crippen molar-refractivity contribution in [2.45, 2.75) is 58.5 Å². The maximum Gasteiger partial charge on any atom is 0.111 e. The van der Waals surface area contributed by atoms with E-state index in [1.807, 2.05) is 0 Å². The van der Waals surface area contributed by atoms with Crippen LogP contribution in [0.15, 0.2) is 24.3 Å². The van der Waals surface area contributed by atoms with Gasteiger partial charge in [-0.1, -0.05) is 31.9 Å². The summed E-state index contributed by atoms with van der Waals surface area (Å²) in [6.07, 6.45) is 6.19. The van der Waals surface area contributed by atoms with Gasteiger partial charge >= 0.3 is 0 Å². The standard InChI is InChI=1S/C18H27N3/c1-3-21-17-10-5-4-9-16(17)20-18(21)12-15(19)14-8-6-7-13(2)11-14/h4-5,9-10,13-15H,3,6-8,11-12,19H2,1-2H3. The first-order valence-electron chi connectivity index (χ1n) is 8.38. The lowest BCUT2D eigenvalue weighted by Crippen LogP contribution is -2.36. The fourth-order valence-electron chi connectivity index (χ4n) is 3.88. The summed E-state index contributed by atoms with van der Waals surface area (Å²) in [5.74, 6) is 2.66. The smallest absolute Gasteiger partial charge is 0.111 e. The van der Waals surface area contributed by atoms with Crippen LogP contribution < -0.4 is 5.73 Å². The quantitative estimate of drug-likeness (QED) is 0.929. The lowest BCUT2D eigenvalue weighted by Gasteiger charge is -2.31. The molecule has 3 heteroatoms. The third kappa shape index (κ3) is 2.98. The lowest BCUT2D eigenvalue weighted by atomic mass is 9.78. The number of nitrogens with zero attached hydrogens (tertiary/aromatic N) is 2. The SMILES string of the molecule is CCn1c(CC(N)C2CCCC(C)C2)nc2ccccc21. The van der Waals surface area contributed by atoms with Crippen molar-refractivity contribution in [3.05, 3.63) is 30.1 Å². The fraction of sp³-hybridized carbons (Fsp3) is 0.611. The van der Waals surface area contributed by atoms with E-state index in [-0.39, 0.29) is 6.04 Å². The zero-order chi connectivity index (χ0) is 14.8. The zero-order valence-electron chi connectivity index (χ0n) is 13.3. The molecule has 0 bridgehead atoms. The summed E-state index contributed by atoms with van der Waals surface area (Å²) >= 11 is 0. The fourth-order valence-corrected chi connectivity index (χ4v) is 3.88. The van der Waals surface area contributed by atoms with Crippen molar-refractivity contribution in [3.8, 4) is 0 Å². The Balaban J connectivity index is 1.80. The molecule has 1 heterocycles. The molecular formula is C18H27N3. The van der Waals surface area contributed by atoms with E-state index in [1.165, 1.54) is 31.2 Å². The average molecular weight is 285 g/mol. The van der Waals surface area contributed by atoms with E-state index in [9.17, 15) is 0 Å². The molecule has 0 saturated heterocycles. The number of para-hydroxylation sites is 2. The highest BCUT2D eigenvalue weighted by Gasteiger charge is 2.25. The van der Waals surface area contributed by atoms with Gasteiger partial charge in [0.2, 0.25) is 0 Å². The molecule has 1 aliphatic rings. The molecule has 0 amide bonds. The number of imidazole rings is 1. The molecular weight excluding hydrogens is 258 g/mol. The van der Waals surface area contributed by atoms with Gasteiger partial charge in [-0.25, -0.2) is 4.98 Å². The summed E-state index contributed by atoms with van der Waals surface area (Å²) in [5, 5.41) is 0. The second kappa shape index (κ2) is 6.18. The molecule has 3 atom stereocenters. The van der Waals surface area contributed by atoms with Gasteiger partial charge in [-0.05, 0) is 43.7 Å². The molecule has 0 spiro atoms. The number of fused-ring (bicyclic) bond motifs is 1. The first-order chi connectivity index (χ1) is 10.2. The summed E-state index contributed by atoms with van der Waals surface area (Å²) in [6.45, 7) is 5.51. The van der Waals surface area contributed by atoms with Crippen LogP contribution in [0.1, 0.15) is 45.4 Å². The molecule has 3 rings (SSSR count). The third-order valence-corrected chi connectivity index (χ3v) is 5.05. The van der Waals surface area contributed by atoms with Crippen LogP contribution in [0.25, 0.3) is 11.0 Å². The molecule has 1 saturated carbocycles. The summed E-state index contributed by atoms with van der Waals surface area (Å²) in [4.78, 5) is 4.82. The van der Waals surface area contributed by atoms with Gasteiger partial charge in [0.15, 0.2) is 0 Å². The minimum absolute atomic E-state index is 0.245. The van der Waals surface area contributed by atoms with Crippen LogP contribution in [0, 0.1) is 11.8 Å². The van der Waals surface area contributed by atoms with E-state index in [0.29, 0.717) is 5.92 Å². The first kappa shape index (κ1) is 14.6. The molecule has 3 nitrogen and oxygen atoms in total. The Labute approximate surface area is 127 Å². The third-order valence-electron chi connectivity index (χ3n) is 5.05. The van der Waals surface area contributed by atoms with Crippen molar-refractivity contribution < 1.29 is 0 Å². The molecule has 2 aromatic rings. The van der Waals surface area contributed by atoms with Crippen LogP contribution in [0.2, 0.25) is 0 Å². The molecule has 1 aromatic carbocycles. The second-order valence-corrected chi connectivity index (χ2v) is 6.66. The number of benzene rings is 1. The summed E-state index contributed by atoms with van der Waals surface area (Å²) in [6, 6.07) is 8.64. The van der Waals surface area contributed by atoms with Crippen molar-refractivity contribution in [2.24, 2.45) is 17.6 Å². The van der Waals surface area contributed by atoms with E-state index in [4.69, 9.17) is 10.7 Å². The molecule has 1 aromatic heterocycles. The summed E-state index contributed by atoms with van der Waals surface area (Å²) in [7, 11) is 0. The highest BCUT2D eigenvalue weighted by molar-refractivity contribution is 5.75. The molecule has 3 unspecified atom stereocenters. The zero-order valence-corrected chi connectivity index (χ0v) is 13.3. The monoisotopic (exact) mass is 285 g/mol. The van der Waals surface area contributed by atoms with Gasteiger partial charge in [-0.3, -0.25) is 0 Å². The maximum atomic E-state index is 6.53. The van der Waals surface area contributed by atoms with Crippen LogP contribution >= 0.6 is 0 Å². The van der Waals surface area contributed by atoms with E-state index < -0.39 is 0 Å². The average Bonchev–Trinajstić information content (AvgIpc) is 2.84. The van der Waals surface area contributed by atoms with Crippen LogP contribution in [-0.4, -0.2) is 15.6 Å². The molecule has 114 valence electrons. The molecule has 0 radical (unpaired) electrons. The highest BCUT2D eigenvalue weighted by atomic mass is 15.1. The van der Waals surface area contributed by atoms with Crippen LogP contribution in [0.3, 0.4) is 0 Å². The number of nitrogens with two attached hydrogens (primary N) is 1. The number of rotatable bonds is 4. The Morgan fingerprint density at radius 1 is 1.33 bits per heavy atom. The van der Waals surface area contributed by atoms with Gasteiger partial charge in [0.1, 0.15) is 5.82 Å². The van der Waals surface area contributed by atoms with Crippen molar-refractivity contribution in [1.29, 1.82) is 0 Å². The first-order valence-corrected chi connectivity index (χ1v) is 8.38. The largest absolute Gasteiger partial charge is 0.328 e. The molecule has 2 N–H and O–H groups in total. The Kier molecular flexibility index (Phi) is 4.29. The molecule has 1 aliphatic carbocycles. The summed E-state index contributed by atoms with van der Waals surface area (Å²) in [5.41, 5.74) is 8.87. The minimum atomic E-state index is 0.245. The van der Waals surface area contributed by atoms with Crippen LogP contribution in [-0.2, 0) is 13.0 Å². The van der Waals surface area contributed by atoms with Gasteiger partial charge in [-0.2, -0.15) is 0 Å². The molecule has 0 aliphatic heterocycles. The Bertz CT molecular complexity index is 602. The van der Waals surface area contributed by atoms with E-state index in [1.54, 1.807) is 0 Å². The predicted octanol–water partition coefficient (Wildman–Crippen LogP) is 3.75. The molecule has 21 heavy (non-hydrogen) atoms. The number of hydrogen-bond donors (Lipinski definition) is 1.